The summed E-state index contributed by atoms with van der Waals surface area (Å²) < 4.78 is 0.962. The van der Waals surface area contributed by atoms with E-state index in [2.05, 4.69) is 10.3 Å². The third-order valence-electron chi connectivity index (χ3n) is 2.57. The summed E-state index contributed by atoms with van der Waals surface area (Å²) in [6.45, 7) is 4.64. The number of carbonyl (C=O) groups excluding carboxylic acids is 1. The number of rotatable bonds is 3. The summed E-state index contributed by atoms with van der Waals surface area (Å²) >= 11 is 1.40. The lowest BCUT2D eigenvalue weighted by Gasteiger charge is -2.02. The van der Waals surface area contributed by atoms with E-state index in [0.717, 1.165) is 22.1 Å². The standard InChI is InChI=1S/C12H15N3OS/c1-3-4-15-12(16)11-10(13)9-7(2)5-14-6-8(9)17-11/h5-6H,3-4,13H2,1-2H3,(H,15,16). The Labute approximate surface area is 104 Å². The number of nitrogens with one attached hydrogen (secondary N) is 1. The third-order valence-corrected chi connectivity index (χ3v) is 3.71. The number of pyridine rings is 1. The zero-order valence-corrected chi connectivity index (χ0v) is 10.7. The molecule has 0 aliphatic carbocycles. The monoisotopic (exact) mass is 249 g/mol. The van der Waals surface area contributed by atoms with Crippen molar-refractivity contribution in [1.82, 2.24) is 10.3 Å². The molecule has 5 heteroatoms. The number of nitrogen functional groups attached to an aromatic ring is 1. The van der Waals surface area contributed by atoms with Crippen LogP contribution in [0.5, 0.6) is 0 Å². The molecule has 0 saturated carbocycles. The lowest BCUT2D eigenvalue weighted by Crippen LogP contribution is -2.23. The van der Waals surface area contributed by atoms with Gasteiger partial charge in [0, 0.05) is 24.3 Å². The molecule has 0 saturated heterocycles. The molecule has 0 spiro atoms. The van der Waals surface area contributed by atoms with Gasteiger partial charge in [-0.15, -0.1) is 11.3 Å². The van der Waals surface area contributed by atoms with E-state index in [1.165, 1.54) is 11.3 Å². The molecule has 2 aromatic heterocycles. The molecule has 0 bridgehead atoms. The molecular weight excluding hydrogens is 234 g/mol. The first-order chi connectivity index (χ1) is 8.15. The number of amides is 1. The van der Waals surface area contributed by atoms with Crippen molar-refractivity contribution >= 4 is 33.0 Å². The van der Waals surface area contributed by atoms with Gasteiger partial charge in [0.15, 0.2) is 0 Å². The van der Waals surface area contributed by atoms with E-state index in [9.17, 15) is 4.79 Å². The largest absolute Gasteiger partial charge is 0.397 e. The molecule has 2 rings (SSSR count). The summed E-state index contributed by atoms with van der Waals surface area (Å²) in [5, 5.41) is 3.79. The van der Waals surface area contributed by atoms with E-state index < -0.39 is 0 Å². The first-order valence-corrected chi connectivity index (χ1v) is 6.37. The summed E-state index contributed by atoms with van der Waals surface area (Å²) in [5.74, 6) is -0.0926. The minimum atomic E-state index is -0.0926. The van der Waals surface area contributed by atoms with E-state index in [1.807, 2.05) is 13.8 Å². The van der Waals surface area contributed by atoms with Crippen LogP contribution >= 0.6 is 11.3 Å². The number of thiophene rings is 1. The lowest BCUT2D eigenvalue weighted by molar-refractivity contribution is 0.0958. The molecule has 0 aliphatic heterocycles. The summed E-state index contributed by atoms with van der Waals surface area (Å²) in [7, 11) is 0. The molecule has 0 aliphatic rings. The molecule has 4 nitrogen and oxygen atoms in total. The Bertz CT molecular complexity index is 562. The SMILES string of the molecule is CCCNC(=O)c1sc2cncc(C)c2c1N. The fraction of sp³-hybridized carbons (Fsp3) is 0.333. The zero-order valence-electron chi connectivity index (χ0n) is 9.91. The molecule has 0 aromatic carbocycles. The average Bonchev–Trinajstić information content (AvgIpc) is 2.65. The van der Waals surface area contributed by atoms with Gasteiger partial charge in [-0.1, -0.05) is 6.92 Å². The Morgan fingerprint density at radius 2 is 2.29 bits per heavy atom. The van der Waals surface area contributed by atoms with Gasteiger partial charge in [-0.3, -0.25) is 9.78 Å². The first-order valence-electron chi connectivity index (χ1n) is 5.56. The zero-order chi connectivity index (χ0) is 12.4. The molecule has 0 atom stereocenters. The Hall–Kier alpha value is -1.62. The van der Waals surface area contributed by atoms with Gasteiger partial charge in [-0.2, -0.15) is 0 Å². The van der Waals surface area contributed by atoms with Crippen LogP contribution in [-0.2, 0) is 0 Å². The second-order valence-electron chi connectivity index (χ2n) is 3.93. The minimum absolute atomic E-state index is 0.0926. The van der Waals surface area contributed by atoms with Crippen LogP contribution in [0.3, 0.4) is 0 Å². The minimum Gasteiger partial charge on any atom is -0.397 e. The summed E-state index contributed by atoms with van der Waals surface area (Å²) in [6, 6.07) is 0. The number of hydrogen-bond acceptors (Lipinski definition) is 4. The number of aromatic nitrogens is 1. The summed E-state index contributed by atoms with van der Waals surface area (Å²) in [6.07, 6.45) is 4.43. The van der Waals surface area contributed by atoms with Crippen LogP contribution in [0.1, 0.15) is 28.6 Å². The fourth-order valence-electron chi connectivity index (χ4n) is 1.73. The topological polar surface area (TPSA) is 68.0 Å². The predicted octanol–water partition coefficient (Wildman–Crippen LogP) is 2.33. The predicted molar refractivity (Wildman–Crippen MR) is 71.4 cm³/mol. The molecule has 0 radical (unpaired) electrons. The van der Waals surface area contributed by atoms with Crippen molar-refractivity contribution in [1.29, 1.82) is 0 Å². The van der Waals surface area contributed by atoms with Crippen LogP contribution < -0.4 is 11.1 Å². The number of aryl methyl sites for hydroxylation is 1. The van der Waals surface area contributed by atoms with Gasteiger partial charge in [0.25, 0.3) is 5.91 Å². The van der Waals surface area contributed by atoms with Gasteiger partial charge in [0.2, 0.25) is 0 Å². The summed E-state index contributed by atoms with van der Waals surface area (Å²) in [5.41, 5.74) is 7.61. The van der Waals surface area contributed by atoms with Crippen LogP contribution in [0.2, 0.25) is 0 Å². The highest BCUT2D eigenvalue weighted by Gasteiger charge is 2.17. The van der Waals surface area contributed by atoms with E-state index >= 15 is 0 Å². The second kappa shape index (κ2) is 4.71. The first kappa shape index (κ1) is 11.9. The van der Waals surface area contributed by atoms with Gasteiger partial charge < -0.3 is 11.1 Å². The lowest BCUT2D eigenvalue weighted by atomic mass is 10.1. The van der Waals surface area contributed by atoms with Crippen LogP contribution in [0.4, 0.5) is 5.69 Å². The average molecular weight is 249 g/mol. The molecule has 3 N–H and O–H groups in total. The van der Waals surface area contributed by atoms with Crippen molar-refractivity contribution in [3.05, 3.63) is 22.8 Å². The van der Waals surface area contributed by atoms with Gasteiger partial charge >= 0.3 is 0 Å². The van der Waals surface area contributed by atoms with E-state index in [4.69, 9.17) is 5.73 Å². The Morgan fingerprint density at radius 3 is 2.94 bits per heavy atom. The quantitative estimate of drug-likeness (QED) is 0.877. The number of carbonyl (C=O) groups is 1. The number of fused-ring (bicyclic) bond motifs is 1. The number of hydrogen-bond donors (Lipinski definition) is 2. The second-order valence-corrected chi connectivity index (χ2v) is 4.98. The Balaban J connectivity index is 2.46. The van der Waals surface area contributed by atoms with E-state index in [1.54, 1.807) is 12.4 Å². The number of anilines is 1. The number of nitrogens with two attached hydrogens (primary N) is 1. The van der Waals surface area contributed by atoms with E-state index in [-0.39, 0.29) is 5.91 Å². The van der Waals surface area contributed by atoms with Gasteiger partial charge in [-0.05, 0) is 18.9 Å². The van der Waals surface area contributed by atoms with Crippen molar-refractivity contribution in [2.45, 2.75) is 20.3 Å². The van der Waals surface area contributed by atoms with Gasteiger partial charge in [0.1, 0.15) is 4.88 Å². The van der Waals surface area contributed by atoms with Crippen LogP contribution in [-0.4, -0.2) is 17.4 Å². The van der Waals surface area contributed by atoms with E-state index in [0.29, 0.717) is 17.1 Å². The molecule has 0 fully saturated rings. The Kier molecular flexibility index (Phi) is 3.28. The van der Waals surface area contributed by atoms with Crippen LogP contribution in [0.25, 0.3) is 10.1 Å². The third kappa shape index (κ3) is 2.10. The molecular formula is C12H15N3OS. The van der Waals surface area contributed by atoms with Gasteiger partial charge in [-0.25, -0.2) is 0 Å². The molecule has 1 amide bonds. The molecule has 2 heterocycles. The van der Waals surface area contributed by atoms with Gasteiger partial charge in [0.05, 0.1) is 10.4 Å². The van der Waals surface area contributed by atoms with Crippen LogP contribution in [0.15, 0.2) is 12.4 Å². The normalized spacial score (nSPS) is 10.7. The van der Waals surface area contributed by atoms with Crippen molar-refractivity contribution in [2.75, 3.05) is 12.3 Å². The van der Waals surface area contributed by atoms with Crippen molar-refractivity contribution < 1.29 is 4.79 Å². The van der Waals surface area contributed by atoms with Crippen molar-refractivity contribution in [3.8, 4) is 0 Å². The molecule has 2 aromatic rings. The smallest absolute Gasteiger partial charge is 0.263 e. The highest BCUT2D eigenvalue weighted by Crippen LogP contribution is 2.34. The summed E-state index contributed by atoms with van der Waals surface area (Å²) in [4.78, 5) is 16.6. The Morgan fingerprint density at radius 1 is 1.53 bits per heavy atom. The fourth-order valence-corrected chi connectivity index (χ4v) is 2.81. The maximum Gasteiger partial charge on any atom is 0.263 e. The van der Waals surface area contributed by atoms with Crippen molar-refractivity contribution in [2.24, 2.45) is 0 Å². The highest BCUT2D eigenvalue weighted by molar-refractivity contribution is 7.21. The molecule has 17 heavy (non-hydrogen) atoms. The molecule has 90 valence electrons. The molecule has 0 unspecified atom stereocenters. The van der Waals surface area contributed by atoms with Crippen molar-refractivity contribution in [3.63, 3.8) is 0 Å². The maximum atomic E-state index is 11.9. The van der Waals surface area contributed by atoms with Crippen LogP contribution in [0, 0.1) is 6.92 Å². The highest BCUT2D eigenvalue weighted by atomic mass is 32.1. The number of nitrogens with zero attached hydrogens (tertiary/aromatic N) is 1. The maximum absolute atomic E-state index is 11.9.